The van der Waals surface area contributed by atoms with Crippen LogP contribution in [0.25, 0.3) is 0 Å². The Balaban J connectivity index is 2.05. The van der Waals surface area contributed by atoms with Gasteiger partial charge in [0.1, 0.15) is 0 Å². The van der Waals surface area contributed by atoms with Gasteiger partial charge in [-0.2, -0.15) is 0 Å². The highest BCUT2D eigenvalue weighted by Crippen LogP contribution is 2.48. The fraction of sp³-hybridized carbons (Fsp3) is 0.692. The maximum absolute atomic E-state index is 12.2. The van der Waals surface area contributed by atoms with Gasteiger partial charge in [-0.15, -0.1) is 0 Å². The number of methoxy groups -OCH3 is 1. The van der Waals surface area contributed by atoms with Crippen molar-refractivity contribution in [3.63, 3.8) is 0 Å². The molecule has 0 heterocycles. The van der Waals surface area contributed by atoms with Crippen molar-refractivity contribution < 1.29 is 19.4 Å². The number of carbonyl (C=O) groups excluding carboxylic acids is 1. The van der Waals surface area contributed by atoms with Gasteiger partial charge in [0.15, 0.2) is 0 Å². The van der Waals surface area contributed by atoms with Crippen LogP contribution in [0, 0.1) is 23.7 Å². The highest BCUT2D eigenvalue weighted by Gasteiger charge is 2.51. The van der Waals surface area contributed by atoms with Crippen LogP contribution in [0.5, 0.6) is 0 Å². The summed E-state index contributed by atoms with van der Waals surface area (Å²) >= 11 is 0. The van der Waals surface area contributed by atoms with Crippen LogP contribution < -0.4 is 5.32 Å². The molecule has 2 rings (SSSR count). The molecule has 2 aliphatic rings. The summed E-state index contributed by atoms with van der Waals surface area (Å²) in [4.78, 5) is 23.5. The summed E-state index contributed by atoms with van der Waals surface area (Å²) in [6, 6.07) is -0.0972. The molecule has 1 fully saturated rings. The van der Waals surface area contributed by atoms with Crippen molar-refractivity contribution in [3.8, 4) is 0 Å². The van der Waals surface area contributed by atoms with E-state index in [0.29, 0.717) is 6.61 Å². The molecule has 2 N–H and O–H groups in total. The van der Waals surface area contributed by atoms with Gasteiger partial charge >= 0.3 is 5.97 Å². The van der Waals surface area contributed by atoms with Crippen molar-refractivity contribution in [1.29, 1.82) is 0 Å². The molecule has 0 spiro atoms. The molecule has 0 aromatic rings. The van der Waals surface area contributed by atoms with E-state index in [1.807, 2.05) is 19.1 Å². The summed E-state index contributed by atoms with van der Waals surface area (Å²) in [5, 5.41) is 12.1. The van der Waals surface area contributed by atoms with Gasteiger partial charge in [0, 0.05) is 13.2 Å². The Kier molecular flexibility index (Phi) is 3.71. The standard InChI is InChI=1S/C13H19NO4/c1-7(6-18-2)14-12(15)10-8-3-4-9(5-8)11(10)13(16)17/h3-4,7-11H,5-6H2,1-2H3,(H,14,15)(H,16,17). The summed E-state index contributed by atoms with van der Waals surface area (Å²) < 4.78 is 4.96. The van der Waals surface area contributed by atoms with E-state index < -0.39 is 17.8 Å². The Morgan fingerprint density at radius 3 is 2.56 bits per heavy atom. The molecule has 2 aliphatic carbocycles. The number of aliphatic carboxylic acids is 1. The topological polar surface area (TPSA) is 75.6 Å². The first kappa shape index (κ1) is 13.1. The summed E-state index contributed by atoms with van der Waals surface area (Å²) in [7, 11) is 1.57. The molecule has 0 saturated heterocycles. The number of fused-ring (bicyclic) bond motifs is 2. The number of amides is 1. The minimum atomic E-state index is -0.869. The maximum Gasteiger partial charge on any atom is 0.307 e. The SMILES string of the molecule is COCC(C)NC(=O)C1C2C=CC(C2)C1C(=O)O. The lowest BCUT2D eigenvalue weighted by Gasteiger charge is -2.25. The number of rotatable bonds is 5. The van der Waals surface area contributed by atoms with E-state index in [1.54, 1.807) is 7.11 Å². The third kappa shape index (κ3) is 2.27. The number of nitrogens with one attached hydrogen (secondary N) is 1. The quantitative estimate of drug-likeness (QED) is 0.706. The van der Waals surface area contributed by atoms with E-state index in [0.717, 1.165) is 6.42 Å². The lowest BCUT2D eigenvalue weighted by atomic mass is 9.82. The molecule has 5 nitrogen and oxygen atoms in total. The normalized spacial score (nSPS) is 34.6. The van der Waals surface area contributed by atoms with Crippen molar-refractivity contribution >= 4 is 11.9 Å². The van der Waals surface area contributed by atoms with Gasteiger partial charge in [0.25, 0.3) is 0 Å². The molecule has 5 heteroatoms. The highest BCUT2D eigenvalue weighted by atomic mass is 16.5. The monoisotopic (exact) mass is 253 g/mol. The second-order valence-corrected chi connectivity index (χ2v) is 5.20. The average Bonchev–Trinajstić information content (AvgIpc) is 2.88. The predicted molar refractivity (Wildman–Crippen MR) is 64.8 cm³/mol. The van der Waals surface area contributed by atoms with Crippen LogP contribution in [0.2, 0.25) is 0 Å². The number of hydrogen-bond acceptors (Lipinski definition) is 3. The molecule has 0 aromatic heterocycles. The maximum atomic E-state index is 12.2. The average molecular weight is 253 g/mol. The van der Waals surface area contributed by atoms with Crippen LogP contribution >= 0.6 is 0 Å². The molecular formula is C13H19NO4. The fourth-order valence-electron chi connectivity index (χ4n) is 3.15. The van der Waals surface area contributed by atoms with Crippen molar-refractivity contribution in [3.05, 3.63) is 12.2 Å². The van der Waals surface area contributed by atoms with E-state index in [4.69, 9.17) is 4.74 Å². The lowest BCUT2D eigenvalue weighted by molar-refractivity contribution is -0.148. The van der Waals surface area contributed by atoms with E-state index >= 15 is 0 Å². The van der Waals surface area contributed by atoms with Crippen molar-refractivity contribution in [1.82, 2.24) is 5.32 Å². The largest absolute Gasteiger partial charge is 0.481 e. The van der Waals surface area contributed by atoms with Crippen LogP contribution in [-0.2, 0) is 14.3 Å². The molecule has 0 aromatic carbocycles. The van der Waals surface area contributed by atoms with Crippen LogP contribution in [0.15, 0.2) is 12.2 Å². The first-order valence-corrected chi connectivity index (χ1v) is 6.25. The minimum absolute atomic E-state index is 0.0148. The number of hydrogen-bond donors (Lipinski definition) is 2. The number of carboxylic acid groups (broad SMARTS) is 1. The molecule has 0 radical (unpaired) electrons. The predicted octanol–water partition coefficient (Wildman–Crippen LogP) is 0.660. The van der Waals surface area contributed by atoms with Crippen LogP contribution in [0.3, 0.4) is 0 Å². The van der Waals surface area contributed by atoms with E-state index in [1.165, 1.54) is 0 Å². The van der Waals surface area contributed by atoms with Gasteiger partial charge < -0.3 is 15.2 Å². The Morgan fingerprint density at radius 1 is 1.39 bits per heavy atom. The number of ether oxygens (including phenoxy) is 1. The molecule has 1 saturated carbocycles. The van der Waals surface area contributed by atoms with E-state index in [2.05, 4.69) is 5.32 Å². The zero-order valence-corrected chi connectivity index (χ0v) is 10.6. The zero-order chi connectivity index (χ0) is 13.3. The zero-order valence-electron chi connectivity index (χ0n) is 10.6. The van der Waals surface area contributed by atoms with Gasteiger partial charge in [-0.3, -0.25) is 9.59 Å². The highest BCUT2D eigenvalue weighted by molar-refractivity contribution is 5.87. The minimum Gasteiger partial charge on any atom is -0.481 e. The summed E-state index contributed by atoms with van der Waals surface area (Å²) in [6.45, 7) is 2.28. The Bertz CT molecular complexity index is 379. The van der Waals surface area contributed by atoms with E-state index in [9.17, 15) is 14.7 Å². The van der Waals surface area contributed by atoms with Crippen LogP contribution in [0.4, 0.5) is 0 Å². The number of carboxylic acids is 1. The Hall–Kier alpha value is -1.36. The molecule has 1 amide bonds. The molecular weight excluding hydrogens is 234 g/mol. The van der Waals surface area contributed by atoms with Gasteiger partial charge in [0.2, 0.25) is 5.91 Å². The van der Waals surface area contributed by atoms with Crippen molar-refractivity contribution in [2.75, 3.05) is 13.7 Å². The van der Waals surface area contributed by atoms with Crippen molar-refractivity contribution in [2.24, 2.45) is 23.7 Å². The lowest BCUT2D eigenvalue weighted by Crippen LogP contribution is -2.44. The molecule has 5 atom stereocenters. The molecule has 0 aliphatic heterocycles. The molecule has 5 unspecified atom stereocenters. The Morgan fingerprint density at radius 2 is 2.00 bits per heavy atom. The first-order chi connectivity index (χ1) is 8.54. The third-order valence-electron chi connectivity index (χ3n) is 3.85. The second-order valence-electron chi connectivity index (χ2n) is 5.20. The molecule has 100 valence electrons. The van der Waals surface area contributed by atoms with Crippen molar-refractivity contribution in [2.45, 2.75) is 19.4 Å². The first-order valence-electron chi connectivity index (χ1n) is 6.25. The molecule has 2 bridgehead atoms. The molecule has 18 heavy (non-hydrogen) atoms. The number of carbonyl (C=O) groups is 2. The van der Waals surface area contributed by atoms with Crippen LogP contribution in [-0.4, -0.2) is 36.7 Å². The number of allylic oxidation sites excluding steroid dienone is 2. The Labute approximate surface area is 106 Å². The van der Waals surface area contributed by atoms with Crippen LogP contribution in [0.1, 0.15) is 13.3 Å². The smallest absolute Gasteiger partial charge is 0.307 e. The summed E-state index contributed by atoms with van der Waals surface area (Å²) in [5.41, 5.74) is 0. The summed E-state index contributed by atoms with van der Waals surface area (Å²) in [5.74, 6) is -1.95. The third-order valence-corrected chi connectivity index (χ3v) is 3.85. The van der Waals surface area contributed by atoms with Gasteiger partial charge in [-0.05, 0) is 25.2 Å². The van der Waals surface area contributed by atoms with Gasteiger partial charge in [-0.25, -0.2) is 0 Å². The fourth-order valence-corrected chi connectivity index (χ4v) is 3.15. The summed E-state index contributed by atoms with van der Waals surface area (Å²) in [6.07, 6.45) is 4.70. The van der Waals surface area contributed by atoms with Gasteiger partial charge in [-0.1, -0.05) is 12.2 Å². The van der Waals surface area contributed by atoms with Gasteiger partial charge in [0.05, 0.1) is 18.4 Å². The van der Waals surface area contributed by atoms with E-state index in [-0.39, 0.29) is 23.8 Å². The second kappa shape index (κ2) is 5.10.